The first-order chi connectivity index (χ1) is 36.9. The molecule has 0 aliphatic heterocycles. The lowest BCUT2D eigenvalue weighted by molar-refractivity contribution is -0.870. The number of esters is 1. The van der Waals surface area contributed by atoms with Crippen molar-refractivity contribution < 1.29 is 37.3 Å². The Balaban J connectivity index is 5.49. The number of amides is 1. The van der Waals surface area contributed by atoms with E-state index in [1.54, 1.807) is 0 Å². The molecule has 0 fully saturated rings. The highest BCUT2D eigenvalue weighted by Crippen LogP contribution is 2.43. The van der Waals surface area contributed by atoms with Crippen LogP contribution in [0.25, 0.3) is 0 Å². The summed E-state index contributed by atoms with van der Waals surface area (Å²) in [5.74, 6) is -0.638. The summed E-state index contributed by atoms with van der Waals surface area (Å²) in [6, 6.07) is -0.905. The predicted molar refractivity (Wildman–Crippen MR) is 327 cm³/mol. The van der Waals surface area contributed by atoms with E-state index in [-0.39, 0.29) is 32.0 Å². The summed E-state index contributed by atoms with van der Waals surface area (Å²) in [7, 11) is 1.41. The minimum Gasteiger partial charge on any atom is -0.456 e. The van der Waals surface area contributed by atoms with Crippen LogP contribution < -0.4 is 5.32 Å². The predicted octanol–water partition coefficient (Wildman–Crippen LogP) is 18.3. The van der Waals surface area contributed by atoms with E-state index in [1.165, 1.54) is 51.4 Å². The molecule has 430 valence electrons. The molecule has 0 aromatic rings. The van der Waals surface area contributed by atoms with Crippen LogP contribution in [-0.2, 0) is 27.9 Å². The first kappa shape index (κ1) is 71.9. The largest absolute Gasteiger partial charge is 0.472 e. The van der Waals surface area contributed by atoms with Gasteiger partial charge in [-0.1, -0.05) is 218 Å². The third-order valence-electron chi connectivity index (χ3n) is 12.0. The van der Waals surface area contributed by atoms with Crippen LogP contribution in [0.2, 0.25) is 0 Å². The highest BCUT2D eigenvalue weighted by molar-refractivity contribution is 7.47. The molecular formula is C66H110N2O7P+. The van der Waals surface area contributed by atoms with Gasteiger partial charge >= 0.3 is 13.8 Å². The number of phosphoric acid groups is 1. The molecule has 0 aromatic carbocycles. The molecular weight excluding hydrogens is 964 g/mol. The molecule has 9 nitrogen and oxygen atoms in total. The zero-order valence-corrected chi connectivity index (χ0v) is 49.8. The average Bonchev–Trinajstić information content (AvgIpc) is 3.38. The summed E-state index contributed by atoms with van der Waals surface area (Å²) in [5.41, 5.74) is 0. The summed E-state index contributed by atoms with van der Waals surface area (Å²) < 4.78 is 30.6. The number of hydrogen-bond donors (Lipinski definition) is 2. The monoisotopic (exact) mass is 1070 g/mol. The van der Waals surface area contributed by atoms with Gasteiger partial charge in [-0.25, -0.2) is 4.57 Å². The van der Waals surface area contributed by atoms with E-state index >= 15 is 0 Å². The standard InChI is InChI=1S/C66H109N2O7P/c1-7-10-13-16-19-22-25-28-30-32-33-34-35-37-38-40-43-46-49-52-55-58-65(69)67-63(62-74-76(71,72)73-61-60-68(4,5)6)64(57-54-51-48-45-42-27-24-21-18-15-12-9-3)75-66(70)59-56-53-50-47-44-41-39-36-31-29-26-23-20-17-14-11-8-2/h10-11,13-14,19-20,22-23,28-31,33-34,37-39,41,43,46-47,50,54,57,63-64H,7-9,12,15-18,21,24-27,32,35-36,40,42,44-45,48-49,51-53,55-56,58-62H2,1-6H3,(H-,67,69,71,72)/p+1/b13-10-,14-11-,22-19-,23-20-,30-28-,31-29-,34-33-,38-37-,41-39-,46-43-,50-47-,57-54-. The van der Waals surface area contributed by atoms with Crippen molar-refractivity contribution in [2.75, 3.05) is 40.9 Å². The number of allylic oxidation sites excluding steroid dienone is 23. The number of nitrogens with zero attached hydrogens (tertiary/aromatic N) is 1. The lowest BCUT2D eigenvalue weighted by Gasteiger charge is -2.27. The normalized spacial score (nSPS) is 14.8. The van der Waals surface area contributed by atoms with Gasteiger partial charge in [0.15, 0.2) is 0 Å². The van der Waals surface area contributed by atoms with Crippen molar-refractivity contribution in [1.29, 1.82) is 0 Å². The highest BCUT2D eigenvalue weighted by Gasteiger charge is 2.30. The number of carbonyl (C=O) groups is 2. The van der Waals surface area contributed by atoms with Crippen LogP contribution in [0.1, 0.15) is 207 Å². The minimum absolute atomic E-state index is 0.0140. The summed E-state index contributed by atoms with van der Waals surface area (Å²) in [4.78, 5) is 37.6. The Hall–Kier alpha value is -4.11. The smallest absolute Gasteiger partial charge is 0.456 e. The van der Waals surface area contributed by atoms with Gasteiger partial charge in [0.2, 0.25) is 5.91 Å². The van der Waals surface area contributed by atoms with Gasteiger partial charge in [-0.2, -0.15) is 0 Å². The summed E-state index contributed by atoms with van der Waals surface area (Å²) in [5, 5.41) is 3.01. The van der Waals surface area contributed by atoms with Crippen LogP contribution >= 0.6 is 7.82 Å². The van der Waals surface area contributed by atoms with Gasteiger partial charge in [0.1, 0.15) is 19.3 Å². The molecule has 0 aromatic heterocycles. The van der Waals surface area contributed by atoms with E-state index in [2.05, 4.69) is 160 Å². The van der Waals surface area contributed by atoms with Crippen LogP contribution in [0.3, 0.4) is 0 Å². The molecule has 0 heterocycles. The number of quaternary nitrogens is 1. The number of rotatable bonds is 51. The Morgan fingerprint density at radius 3 is 1.29 bits per heavy atom. The number of phosphoric ester groups is 1. The molecule has 0 bridgehead atoms. The van der Waals surface area contributed by atoms with Gasteiger partial charge in [-0.3, -0.25) is 18.6 Å². The third-order valence-corrected chi connectivity index (χ3v) is 13.0. The summed E-state index contributed by atoms with van der Waals surface area (Å²) >= 11 is 0. The fourth-order valence-corrected chi connectivity index (χ4v) is 8.24. The van der Waals surface area contributed by atoms with Crippen molar-refractivity contribution in [1.82, 2.24) is 5.32 Å². The number of likely N-dealkylation sites (N-methyl/N-ethyl adjacent to an activating group) is 1. The van der Waals surface area contributed by atoms with Crippen LogP contribution in [0.5, 0.6) is 0 Å². The van der Waals surface area contributed by atoms with Gasteiger partial charge in [0.05, 0.1) is 33.8 Å². The fraction of sp³-hybridized carbons (Fsp3) is 0.606. The maximum absolute atomic E-state index is 13.5. The molecule has 10 heteroatoms. The molecule has 0 spiro atoms. The van der Waals surface area contributed by atoms with Gasteiger partial charge < -0.3 is 19.4 Å². The number of hydrogen-bond acceptors (Lipinski definition) is 6. The summed E-state index contributed by atoms with van der Waals surface area (Å²) in [6.07, 6.45) is 78.6. The van der Waals surface area contributed by atoms with Gasteiger partial charge in [-0.05, 0) is 122 Å². The van der Waals surface area contributed by atoms with Crippen LogP contribution in [0.4, 0.5) is 0 Å². The van der Waals surface area contributed by atoms with E-state index in [1.807, 2.05) is 33.3 Å². The zero-order chi connectivity index (χ0) is 55.7. The lowest BCUT2D eigenvalue weighted by atomic mass is 10.1. The van der Waals surface area contributed by atoms with Gasteiger partial charge in [0, 0.05) is 12.8 Å². The Morgan fingerprint density at radius 1 is 0.474 bits per heavy atom. The molecule has 3 unspecified atom stereocenters. The molecule has 0 radical (unpaired) electrons. The van der Waals surface area contributed by atoms with Crippen molar-refractivity contribution in [3.05, 3.63) is 146 Å². The Labute approximate surface area is 466 Å². The maximum Gasteiger partial charge on any atom is 0.472 e. The van der Waals surface area contributed by atoms with E-state index in [9.17, 15) is 19.0 Å². The topological polar surface area (TPSA) is 111 Å². The Morgan fingerprint density at radius 2 is 0.855 bits per heavy atom. The van der Waals surface area contributed by atoms with Gasteiger partial charge in [-0.15, -0.1) is 0 Å². The van der Waals surface area contributed by atoms with Crippen molar-refractivity contribution in [2.45, 2.75) is 219 Å². The van der Waals surface area contributed by atoms with Crippen molar-refractivity contribution in [3.63, 3.8) is 0 Å². The van der Waals surface area contributed by atoms with E-state index in [4.69, 9.17) is 13.8 Å². The molecule has 0 aliphatic carbocycles. The third kappa shape index (κ3) is 54.7. The molecule has 1 amide bonds. The lowest BCUT2D eigenvalue weighted by Crippen LogP contribution is -2.47. The fourth-order valence-electron chi connectivity index (χ4n) is 7.51. The maximum atomic E-state index is 13.5. The van der Waals surface area contributed by atoms with Crippen LogP contribution in [0, 0.1) is 0 Å². The van der Waals surface area contributed by atoms with E-state index in [0.29, 0.717) is 23.9 Å². The van der Waals surface area contributed by atoms with Crippen LogP contribution in [-0.4, -0.2) is 74.3 Å². The SMILES string of the molecule is CC/C=C\C/C=C\C/C=C\C/C=C\C/C=C\C/C=C\CCCCC(=O)NC(COP(=O)(O)OCC[N+](C)(C)C)C(/C=C\CCCCCCCCCCCC)OC(=O)CCC/C=C\C/C=C\C/C=C\C/C=C\C/C=C\CC. The second kappa shape index (κ2) is 54.3. The quantitative estimate of drug-likeness (QED) is 0.0205. The second-order valence-corrected chi connectivity index (χ2v) is 21.9. The minimum atomic E-state index is -4.48. The number of ether oxygens (including phenoxy) is 1. The Bertz CT molecular complexity index is 1810. The van der Waals surface area contributed by atoms with E-state index < -0.39 is 25.9 Å². The average molecular weight is 1070 g/mol. The molecule has 2 N–H and O–H groups in total. The van der Waals surface area contributed by atoms with E-state index in [0.717, 1.165) is 109 Å². The van der Waals surface area contributed by atoms with Gasteiger partial charge in [0.25, 0.3) is 0 Å². The molecule has 76 heavy (non-hydrogen) atoms. The highest BCUT2D eigenvalue weighted by atomic mass is 31.2. The van der Waals surface area contributed by atoms with Crippen molar-refractivity contribution >= 4 is 19.7 Å². The first-order valence-corrected chi connectivity index (χ1v) is 31.2. The van der Waals surface area contributed by atoms with Crippen molar-refractivity contribution in [3.8, 4) is 0 Å². The molecule has 3 atom stereocenters. The van der Waals surface area contributed by atoms with Crippen molar-refractivity contribution in [2.24, 2.45) is 0 Å². The first-order valence-electron chi connectivity index (χ1n) is 29.7. The molecule has 0 saturated carbocycles. The zero-order valence-electron chi connectivity index (χ0n) is 48.9. The molecule has 0 saturated heterocycles. The molecule has 0 rings (SSSR count). The van der Waals surface area contributed by atoms with Crippen LogP contribution in [0.15, 0.2) is 146 Å². The molecule has 0 aliphatic rings. The number of unbranched alkanes of at least 4 members (excludes halogenated alkanes) is 13. The summed E-state index contributed by atoms with van der Waals surface area (Å²) in [6.45, 7) is 6.68. The number of nitrogens with one attached hydrogen (secondary N) is 1. The second-order valence-electron chi connectivity index (χ2n) is 20.4. The Kier molecular flexibility index (Phi) is 51.3. The number of carbonyl (C=O) groups excluding carboxylic acids is 2.